The lowest BCUT2D eigenvalue weighted by Gasteiger charge is -2.39. The number of Topliss-reactive ketones (excluding diaryl/α,β-unsaturated/α-hetero) is 1. The smallest absolute Gasteiger partial charge is 0.383 e. The summed E-state index contributed by atoms with van der Waals surface area (Å²) in [5.74, 6) is -0.477. The number of benzene rings is 1. The van der Waals surface area contributed by atoms with Crippen LogP contribution in [0.2, 0.25) is 0 Å². The van der Waals surface area contributed by atoms with Crippen LogP contribution in [0.4, 0.5) is 13.2 Å². The van der Waals surface area contributed by atoms with Crippen molar-refractivity contribution < 1.29 is 31.1 Å². The fraction of sp³-hybridized carbons (Fsp3) is 0.444. The second-order valence-electron chi connectivity index (χ2n) is 7.18. The van der Waals surface area contributed by atoms with Gasteiger partial charge in [0.1, 0.15) is 11.7 Å². The lowest BCUT2D eigenvalue weighted by molar-refractivity contribution is -0.137. The molecule has 1 aromatic heterocycles. The minimum Gasteiger partial charge on any atom is -0.383 e. The molecule has 1 N–H and O–H groups in total. The fourth-order valence-electron chi connectivity index (χ4n) is 3.77. The first-order chi connectivity index (χ1) is 13.7. The third-order valence-corrected chi connectivity index (χ3v) is 7.17. The number of carbonyl (C=O) groups excluding carboxylic acids is 1. The van der Waals surface area contributed by atoms with Crippen LogP contribution in [0.3, 0.4) is 0 Å². The number of ketones is 1. The molecule has 0 bridgehead atoms. The third kappa shape index (κ3) is 3.36. The van der Waals surface area contributed by atoms with Crippen molar-refractivity contribution in [1.82, 2.24) is 14.5 Å². The Morgan fingerprint density at radius 3 is 2.45 bits per heavy atom. The summed E-state index contributed by atoms with van der Waals surface area (Å²) in [7, 11) is -2.93. The van der Waals surface area contributed by atoms with E-state index in [1.165, 1.54) is 13.3 Å². The van der Waals surface area contributed by atoms with E-state index < -0.39 is 39.6 Å². The van der Waals surface area contributed by atoms with Crippen LogP contribution in [-0.4, -0.2) is 48.5 Å². The number of hydrogen-bond acceptors (Lipinski definition) is 5. The molecule has 7 nitrogen and oxygen atoms in total. The van der Waals surface area contributed by atoms with E-state index in [1.807, 2.05) is 0 Å². The molecule has 11 heteroatoms. The number of ether oxygens (including phenoxy) is 1. The Labute approximate surface area is 164 Å². The van der Waals surface area contributed by atoms with E-state index in [0.717, 1.165) is 41.4 Å². The third-order valence-electron chi connectivity index (χ3n) is 5.27. The van der Waals surface area contributed by atoms with E-state index in [0.29, 0.717) is 5.56 Å². The van der Waals surface area contributed by atoms with Crippen LogP contribution in [0.5, 0.6) is 0 Å². The molecule has 1 saturated carbocycles. The van der Waals surface area contributed by atoms with Crippen LogP contribution >= 0.6 is 0 Å². The van der Waals surface area contributed by atoms with Crippen molar-refractivity contribution in [2.45, 2.75) is 36.0 Å². The highest BCUT2D eigenvalue weighted by molar-refractivity contribution is 7.89. The molecule has 1 fully saturated rings. The van der Waals surface area contributed by atoms with Crippen molar-refractivity contribution in [3.63, 3.8) is 0 Å². The summed E-state index contributed by atoms with van der Waals surface area (Å²) >= 11 is 0. The first-order valence-corrected chi connectivity index (χ1v) is 10.4. The van der Waals surface area contributed by atoms with E-state index in [4.69, 9.17) is 4.74 Å². The Morgan fingerprint density at radius 2 is 1.90 bits per heavy atom. The molecule has 0 amide bonds. The Morgan fingerprint density at radius 1 is 1.24 bits per heavy atom. The Hall–Kier alpha value is -2.24. The van der Waals surface area contributed by atoms with E-state index in [1.54, 1.807) is 0 Å². The molecule has 2 heterocycles. The summed E-state index contributed by atoms with van der Waals surface area (Å²) in [5, 5.41) is 6.55. The molecule has 2 aromatic rings. The summed E-state index contributed by atoms with van der Waals surface area (Å²) in [6, 6.07) is 1.52. The number of fused-ring (bicyclic) bond motifs is 1. The molecular weight excluding hydrogens is 411 g/mol. The van der Waals surface area contributed by atoms with Crippen molar-refractivity contribution in [1.29, 1.82) is 0 Å². The monoisotopic (exact) mass is 429 g/mol. The molecule has 1 aliphatic heterocycles. The minimum absolute atomic E-state index is 0.00281. The Balaban J connectivity index is 1.82. The molecule has 0 saturated heterocycles. The average Bonchev–Trinajstić information content (AvgIpc) is 3.38. The molecule has 1 aliphatic carbocycles. The van der Waals surface area contributed by atoms with Crippen LogP contribution < -0.4 is 0 Å². The van der Waals surface area contributed by atoms with E-state index in [2.05, 4.69) is 10.2 Å². The average molecular weight is 429 g/mol. The maximum absolute atomic E-state index is 13.5. The van der Waals surface area contributed by atoms with Gasteiger partial charge in [0.25, 0.3) is 0 Å². The lowest BCUT2D eigenvalue weighted by atomic mass is 9.92. The standard InChI is InChI=1S/C18H18F3N3O4S/c1-28-9-14-17(25)15-13(8-22-23-15)16(10-2-3-10)24(14)29(26,27)12-6-4-11(5-7-12)18(19,20)21/h4-8,10,14,16H,2-3,9H2,1H3,(H,22,23)/t14-,16+/m0/s1. The maximum Gasteiger partial charge on any atom is 0.416 e. The largest absolute Gasteiger partial charge is 0.416 e. The molecule has 29 heavy (non-hydrogen) atoms. The highest BCUT2D eigenvalue weighted by Crippen LogP contribution is 2.50. The zero-order valence-corrected chi connectivity index (χ0v) is 16.1. The van der Waals surface area contributed by atoms with Gasteiger partial charge in [0.2, 0.25) is 15.8 Å². The van der Waals surface area contributed by atoms with Crippen LogP contribution in [0.1, 0.15) is 40.5 Å². The summed E-state index contributed by atoms with van der Waals surface area (Å²) in [6.07, 6.45) is -1.58. The molecule has 0 radical (unpaired) electrons. The van der Waals surface area contributed by atoms with Crippen molar-refractivity contribution in [2.75, 3.05) is 13.7 Å². The number of halogens is 3. The molecule has 0 spiro atoms. The van der Waals surface area contributed by atoms with Crippen molar-refractivity contribution in [3.8, 4) is 0 Å². The van der Waals surface area contributed by atoms with E-state index in [9.17, 15) is 26.4 Å². The van der Waals surface area contributed by atoms with E-state index in [-0.39, 0.29) is 23.1 Å². The van der Waals surface area contributed by atoms with Crippen LogP contribution in [0.25, 0.3) is 0 Å². The van der Waals surface area contributed by atoms with Gasteiger partial charge in [-0.2, -0.15) is 22.6 Å². The fourth-order valence-corrected chi connectivity index (χ4v) is 5.57. The second kappa shape index (κ2) is 6.92. The SMILES string of the molecule is COC[C@H]1C(=O)c2[nH]ncc2[C@@H](C2CC2)N1S(=O)(=O)c1ccc(C(F)(F)F)cc1. The Bertz CT molecular complexity index is 1030. The minimum atomic E-state index is -4.58. The summed E-state index contributed by atoms with van der Waals surface area (Å²) in [5.41, 5.74) is -0.210. The quantitative estimate of drug-likeness (QED) is 0.789. The topological polar surface area (TPSA) is 92.4 Å². The second-order valence-corrected chi connectivity index (χ2v) is 9.02. The molecule has 156 valence electrons. The number of hydrogen-bond donors (Lipinski definition) is 1. The number of nitrogens with zero attached hydrogens (tertiary/aromatic N) is 2. The van der Waals surface area contributed by atoms with Gasteiger partial charge >= 0.3 is 6.18 Å². The number of aromatic nitrogens is 2. The number of rotatable bonds is 5. The first-order valence-electron chi connectivity index (χ1n) is 8.93. The van der Waals surface area contributed by atoms with Gasteiger partial charge in [-0.15, -0.1) is 0 Å². The van der Waals surface area contributed by atoms with Crippen molar-refractivity contribution in [3.05, 3.63) is 47.3 Å². The van der Waals surface area contributed by atoms with Crippen LogP contribution in [0.15, 0.2) is 35.4 Å². The Kier molecular flexibility index (Phi) is 4.79. The van der Waals surface area contributed by atoms with Crippen molar-refractivity contribution >= 4 is 15.8 Å². The summed E-state index contributed by atoms with van der Waals surface area (Å²) in [4.78, 5) is 12.6. The van der Waals surface area contributed by atoms with Gasteiger partial charge in [-0.05, 0) is 43.0 Å². The number of H-pyrrole nitrogens is 1. The highest BCUT2D eigenvalue weighted by atomic mass is 32.2. The number of nitrogens with one attached hydrogen (secondary N) is 1. The number of carbonyl (C=O) groups is 1. The predicted octanol–water partition coefficient (Wildman–Crippen LogP) is 2.78. The first kappa shape index (κ1) is 20.0. The van der Waals surface area contributed by atoms with Crippen molar-refractivity contribution in [2.24, 2.45) is 5.92 Å². The van der Waals surface area contributed by atoms with Gasteiger partial charge < -0.3 is 4.74 Å². The molecule has 1 aromatic carbocycles. The van der Waals surface area contributed by atoms with Gasteiger partial charge in [-0.25, -0.2) is 8.42 Å². The lowest BCUT2D eigenvalue weighted by Crippen LogP contribution is -2.53. The number of aromatic amines is 1. The van der Waals surface area contributed by atoms with Crippen LogP contribution in [0, 0.1) is 5.92 Å². The number of sulfonamides is 1. The van der Waals surface area contributed by atoms with Gasteiger partial charge in [0.05, 0.1) is 29.3 Å². The number of methoxy groups -OCH3 is 1. The summed E-state index contributed by atoms with van der Waals surface area (Å²) in [6.45, 7) is -0.180. The molecule has 2 atom stereocenters. The van der Waals surface area contributed by atoms with Gasteiger partial charge in [-0.1, -0.05) is 0 Å². The van der Waals surface area contributed by atoms with Gasteiger partial charge in [0, 0.05) is 12.7 Å². The maximum atomic E-state index is 13.5. The zero-order chi connectivity index (χ0) is 21.0. The zero-order valence-electron chi connectivity index (χ0n) is 15.3. The van der Waals surface area contributed by atoms with Gasteiger partial charge in [-0.3, -0.25) is 9.89 Å². The summed E-state index contributed by atoms with van der Waals surface area (Å²) < 4.78 is 71.7. The predicted molar refractivity (Wildman–Crippen MR) is 94.5 cm³/mol. The molecular formula is C18H18F3N3O4S. The van der Waals surface area contributed by atoms with E-state index >= 15 is 0 Å². The number of alkyl halides is 3. The molecule has 4 rings (SSSR count). The normalized spacial score (nSPS) is 23.2. The van der Waals surface area contributed by atoms with Gasteiger partial charge in [0.15, 0.2) is 0 Å². The van der Waals surface area contributed by atoms with Crippen LogP contribution in [-0.2, 0) is 20.9 Å². The molecule has 2 aliphatic rings. The molecule has 0 unspecified atom stereocenters. The highest BCUT2D eigenvalue weighted by Gasteiger charge is 2.52.